The van der Waals surface area contributed by atoms with E-state index in [1.165, 1.54) is 4.57 Å². The average Bonchev–Trinajstić information content (AvgIpc) is 2.51. The summed E-state index contributed by atoms with van der Waals surface area (Å²) in [6.45, 7) is 2.33. The molecule has 0 saturated carbocycles. The number of rotatable bonds is 2. The molecule has 1 heterocycles. The summed E-state index contributed by atoms with van der Waals surface area (Å²) in [6.07, 6.45) is 0.308. The van der Waals surface area contributed by atoms with Crippen LogP contribution in [-0.2, 0) is 6.54 Å². The predicted molar refractivity (Wildman–Crippen MR) is 55.4 cm³/mol. The van der Waals surface area contributed by atoms with Gasteiger partial charge in [-0.1, -0.05) is 6.07 Å². The number of oxazole rings is 1. The van der Waals surface area contributed by atoms with Crippen LogP contribution in [0, 0.1) is 18.3 Å². The van der Waals surface area contributed by atoms with Gasteiger partial charge < -0.3 is 4.42 Å². The van der Waals surface area contributed by atoms with Gasteiger partial charge in [0.1, 0.15) is 0 Å². The van der Waals surface area contributed by atoms with Crippen LogP contribution in [0.2, 0.25) is 0 Å². The van der Waals surface area contributed by atoms with Gasteiger partial charge in [-0.2, -0.15) is 5.26 Å². The van der Waals surface area contributed by atoms with Gasteiger partial charge >= 0.3 is 5.76 Å². The number of nitrogens with zero attached hydrogens (tertiary/aromatic N) is 2. The van der Waals surface area contributed by atoms with Crippen LogP contribution >= 0.6 is 0 Å². The molecule has 0 unspecified atom stereocenters. The smallest absolute Gasteiger partial charge is 0.408 e. The maximum absolute atomic E-state index is 11.4. The molecule has 0 amide bonds. The van der Waals surface area contributed by atoms with Gasteiger partial charge in [-0.05, 0) is 24.6 Å². The van der Waals surface area contributed by atoms with Gasteiger partial charge in [0.15, 0.2) is 5.58 Å². The Labute approximate surface area is 86.4 Å². The molecule has 1 aromatic carbocycles. The van der Waals surface area contributed by atoms with Crippen LogP contribution in [0.25, 0.3) is 11.1 Å². The maximum atomic E-state index is 11.4. The third-order valence-corrected chi connectivity index (χ3v) is 2.27. The molecule has 4 heteroatoms. The van der Waals surface area contributed by atoms with Crippen molar-refractivity contribution in [2.24, 2.45) is 0 Å². The normalized spacial score (nSPS) is 10.4. The molecular weight excluding hydrogens is 192 g/mol. The Morgan fingerprint density at radius 2 is 2.33 bits per heavy atom. The molecule has 0 aliphatic carbocycles. The number of aromatic nitrogens is 1. The highest BCUT2D eigenvalue weighted by Gasteiger charge is 2.08. The number of hydrogen-bond donors (Lipinski definition) is 0. The van der Waals surface area contributed by atoms with Gasteiger partial charge in [0.05, 0.1) is 18.0 Å². The Kier molecular flexibility index (Phi) is 2.30. The third-order valence-electron chi connectivity index (χ3n) is 2.27. The lowest BCUT2D eigenvalue weighted by molar-refractivity contribution is 0.507. The molecule has 4 nitrogen and oxygen atoms in total. The largest absolute Gasteiger partial charge is 0.419 e. The van der Waals surface area contributed by atoms with Crippen LogP contribution in [0.1, 0.15) is 12.0 Å². The summed E-state index contributed by atoms with van der Waals surface area (Å²) in [5.74, 6) is -0.397. The van der Waals surface area contributed by atoms with Crippen molar-refractivity contribution < 1.29 is 4.42 Å². The van der Waals surface area contributed by atoms with Crippen LogP contribution in [0.3, 0.4) is 0 Å². The van der Waals surface area contributed by atoms with Crippen LogP contribution in [0.5, 0.6) is 0 Å². The van der Waals surface area contributed by atoms with Crippen molar-refractivity contribution in [3.8, 4) is 6.07 Å². The molecule has 0 N–H and O–H groups in total. The summed E-state index contributed by atoms with van der Waals surface area (Å²) in [5, 5.41) is 8.49. The van der Waals surface area contributed by atoms with E-state index in [-0.39, 0.29) is 0 Å². The van der Waals surface area contributed by atoms with E-state index >= 15 is 0 Å². The first kappa shape index (κ1) is 9.53. The monoisotopic (exact) mass is 202 g/mol. The fourth-order valence-corrected chi connectivity index (χ4v) is 1.55. The zero-order valence-corrected chi connectivity index (χ0v) is 8.36. The van der Waals surface area contributed by atoms with E-state index < -0.39 is 5.76 Å². The fourth-order valence-electron chi connectivity index (χ4n) is 1.55. The molecule has 0 saturated heterocycles. The maximum Gasteiger partial charge on any atom is 0.419 e. The van der Waals surface area contributed by atoms with E-state index in [2.05, 4.69) is 0 Å². The molecule has 2 rings (SSSR count). The molecule has 0 bridgehead atoms. The van der Waals surface area contributed by atoms with E-state index in [1.54, 1.807) is 6.07 Å². The Morgan fingerprint density at radius 3 is 3.07 bits per heavy atom. The van der Waals surface area contributed by atoms with Gasteiger partial charge in [-0.3, -0.25) is 4.57 Å². The fraction of sp³-hybridized carbons (Fsp3) is 0.273. The van der Waals surface area contributed by atoms with E-state index in [0.717, 1.165) is 11.1 Å². The summed E-state index contributed by atoms with van der Waals surface area (Å²) in [5.41, 5.74) is 2.40. The Bertz CT molecular complexity index is 587. The molecule has 0 radical (unpaired) electrons. The molecule has 2 aromatic rings. The summed E-state index contributed by atoms with van der Waals surface area (Å²) in [6, 6.07) is 7.56. The lowest BCUT2D eigenvalue weighted by Crippen LogP contribution is -2.13. The minimum Gasteiger partial charge on any atom is -0.408 e. The van der Waals surface area contributed by atoms with Crippen LogP contribution in [0.4, 0.5) is 0 Å². The Hall–Kier alpha value is -2.02. The average molecular weight is 202 g/mol. The molecule has 0 aliphatic heterocycles. The van der Waals surface area contributed by atoms with Crippen molar-refractivity contribution in [3.63, 3.8) is 0 Å². The van der Waals surface area contributed by atoms with Crippen molar-refractivity contribution >= 4 is 11.1 Å². The molecule has 0 atom stereocenters. The highest BCUT2D eigenvalue weighted by atomic mass is 16.4. The first-order valence-electron chi connectivity index (χ1n) is 4.69. The van der Waals surface area contributed by atoms with Gasteiger partial charge in [0, 0.05) is 6.54 Å². The van der Waals surface area contributed by atoms with Crippen LogP contribution in [0.15, 0.2) is 27.4 Å². The quantitative estimate of drug-likeness (QED) is 0.746. The predicted octanol–water partition coefficient (Wildman–Crippen LogP) is 1.82. The van der Waals surface area contributed by atoms with Gasteiger partial charge in [0.25, 0.3) is 0 Å². The number of nitriles is 1. The van der Waals surface area contributed by atoms with Gasteiger partial charge in [0.2, 0.25) is 0 Å². The highest BCUT2D eigenvalue weighted by molar-refractivity contribution is 5.73. The van der Waals surface area contributed by atoms with Gasteiger partial charge in [-0.15, -0.1) is 0 Å². The van der Waals surface area contributed by atoms with Crippen LogP contribution < -0.4 is 5.76 Å². The molecule has 1 aromatic heterocycles. The third kappa shape index (κ3) is 1.64. The molecule has 15 heavy (non-hydrogen) atoms. The number of fused-ring (bicyclic) bond motifs is 1. The minimum absolute atomic E-state index is 0.308. The van der Waals surface area contributed by atoms with Crippen molar-refractivity contribution in [2.75, 3.05) is 0 Å². The second-order valence-electron chi connectivity index (χ2n) is 3.40. The summed E-state index contributed by atoms with van der Waals surface area (Å²) < 4.78 is 6.54. The molecule has 0 aliphatic rings. The minimum atomic E-state index is -0.397. The molecular formula is C11H10N2O2. The second kappa shape index (κ2) is 3.62. The lowest BCUT2D eigenvalue weighted by atomic mass is 10.2. The Morgan fingerprint density at radius 1 is 1.53 bits per heavy atom. The number of benzene rings is 1. The SMILES string of the molecule is Cc1ccc2oc(=O)n(CCC#N)c2c1. The van der Waals surface area contributed by atoms with E-state index in [0.29, 0.717) is 18.5 Å². The standard InChI is InChI=1S/C11H10N2O2/c1-8-3-4-10-9(7-8)13(6-2-5-12)11(14)15-10/h3-4,7H,2,6H2,1H3. The van der Waals surface area contributed by atoms with Gasteiger partial charge in [-0.25, -0.2) is 4.79 Å². The van der Waals surface area contributed by atoms with E-state index in [9.17, 15) is 4.79 Å². The molecule has 76 valence electrons. The van der Waals surface area contributed by atoms with Crippen molar-refractivity contribution in [1.29, 1.82) is 5.26 Å². The number of hydrogen-bond acceptors (Lipinski definition) is 3. The summed E-state index contributed by atoms with van der Waals surface area (Å²) in [4.78, 5) is 11.4. The second-order valence-corrected chi connectivity index (χ2v) is 3.40. The summed E-state index contributed by atoms with van der Waals surface area (Å²) >= 11 is 0. The topological polar surface area (TPSA) is 58.9 Å². The lowest BCUT2D eigenvalue weighted by Gasteiger charge is -1.97. The Balaban J connectivity index is 2.61. The zero-order chi connectivity index (χ0) is 10.8. The van der Waals surface area contributed by atoms with Crippen molar-refractivity contribution in [1.82, 2.24) is 4.57 Å². The molecule has 0 spiro atoms. The van der Waals surface area contributed by atoms with Crippen molar-refractivity contribution in [3.05, 3.63) is 34.3 Å². The zero-order valence-electron chi connectivity index (χ0n) is 8.36. The first-order valence-corrected chi connectivity index (χ1v) is 4.69. The van der Waals surface area contributed by atoms with Crippen molar-refractivity contribution in [2.45, 2.75) is 19.9 Å². The van der Waals surface area contributed by atoms with E-state index in [1.807, 2.05) is 25.1 Å². The number of aryl methyl sites for hydroxylation is 2. The van der Waals surface area contributed by atoms with Crippen LogP contribution in [-0.4, -0.2) is 4.57 Å². The highest BCUT2D eigenvalue weighted by Crippen LogP contribution is 2.14. The molecule has 0 fully saturated rings. The first-order chi connectivity index (χ1) is 7.22. The summed E-state index contributed by atoms with van der Waals surface area (Å²) in [7, 11) is 0. The van der Waals surface area contributed by atoms with E-state index in [4.69, 9.17) is 9.68 Å².